The molecular weight excluding hydrogens is 669 g/mol. The molecule has 8 nitrogen and oxygen atoms in total. The molecule has 1 aromatic heterocycles. The molecule has 0 saturated heterocycles. The lowest BCUT2D eigenvalue weighted by Crippen LogP contribution is -2.36. The first-order chi connectivity index (χ1) is 24.4. The Labute approximate surface area is 304 Å². The van der Waals surface area contributed by atoms with Crippen molar-refractivity contribution in [1.82, 2.24) is 0 Å². The number of para-hydroxylation sites is 2. The SMILES string of the molecule is CCCCOC(=O)CCCCCN1c2ccccc2SC1CC1=C(O)C(=Cc2sc3ccccc3[n+]2CCCCCC(=O)OCCCC)C1=O. The number of aliphatic hydroxyl groups is 1. The van der Waals surface area contributed by atoms with E-state index in [1.54, 1.807) is 23.1 Å². The van der Waals surface area contributed by atoms with Gasteiger partial charge in [0, 0.05) is 54.8 Å². The molecule has 0 fully saturated rings. The van der Waals surface area contributed by atoms with Gasteiger partial charge in [-0.25, -0.2) is 0 Å². The summed E-state index contributed by atoms with van der Waals surface area (Å²) in [6.07, 6.45) is 12.2. The zero-order valence-corrected chi connectivity index (χ0v) is 31.1. The highest BCUT2D eigenvalue weighted by Gasteiger charge is 2.39. The van der Waals surface area contributed by atoms with Crippen LogP contribution in [0.25, 0.3) is 16.3 Å². The Morgan fingerprint density at radius 2 is 1.52 bits per heavy atom. The number of hydrogen-bond donors (Lipinski definition) is 1. The zero-order chi connectivity index (χ0) is 35.3. The van der Waals surface area contributed by atoms with Gasteiger partial charge in [0.25, 0.3) is 5.01 Å². The number of thiazole rings is 1. The molecule has 2 aliphatic rings. The highest BCUT2D eigenvalue weighted by atomic mass is 32.2. The number of Topliss-reactive ketones (excluding diaryl/α,β-unsaturated/α-hetero) is 1. The maximum absolute atomic E-state index is 13.6. The summed E-state index contributed by atoms with van der Waals surface area (Å²) in [7, 11) is 0. The fraction of sp³-hybridized carbons (Fsp3) is 0.500. The van der Waals surface area contributed by atoms with Gasteiger partial charge in [-0.05, 0) is 56.7 Å². The van der Waals surface area contributed by atoms with E-state index < -0.39 is 0 Å². The van der Waals surface area contributed by atoms with Gasteiger partial charge in [-0.15, -0.1) is 0 Å². The molecule has 0 radical (unpaired) electrons. The number of benzene rings is 2. The van der Waals surface area contributed by atoms with Crippen molar-refractivity contribution in [1.29, 1.82) is 0 Å². The third-order valence-corrected chi connectivity index (χ3v) is 11.6. The highest BCUT2D eigenvalue weighted by molar-refractivity contribution is 8.00. The lowest BCUT2D eigenvalue weighted by molar-refractivity contribution is -0.669. The molecule has 0 amide bonds. The van der Waals surface area contributed by atoms with Crippen LogP contribution in [-0.2, 0) is 30.4 Å². The summed E-state index contributed by atoms with van der Waals surface area (Å²) in [6.45, 7) is 6.72. The number of esters is 2. The number of allylic oxidation sites excluding steroid dienone is 1. The minimum absolute atomic E-state index is 0.00671. The fourth-order valence-corrected chi connectivity index (χ4v) is 8.80. The van der Waals surface area contributed by atoms with Crippen LogP contribution < -0.4 is 9.47 Å². The number of hydrogen-bond acceptors (Lipinski definition) is 9. The first-order valence-corrected chi connectivity index (χ1v) is 20.0. The summed E-state index contributed by atoms with van der Waals surface area (Å²) in [5.41, 5.74) is 3.11. The number of anilines is 1. The summed E-state index contributed by atoms with van der Waals surface area (Å²) in [4.78, 5) is 41.1. The van der Waals surface area contributed by atoms with Crippen LogP contribution in [-0.4, -0.2) is 48.0 Å². The van der Waals surface area contributed by atoms with E-state index in [1.165, 1.54) is 4.90 Å². The average Bonchev–Trinajstić information content (AvgIpc) is 3.66. The lowest BCUT2D eigenvalue weighted by atomic mass is 9.85. The molecule has 0 spiro atoms. The number of nitrogens with zero attached hydrogens (tertiary/aromatic N) is 2. The number of ether oxygens (including phenoxy) is 2. The molecule has 1 aliphatic heterocycles. The third kappa shape index (κ3) is 9.78. The Kier molecular flexibility index (Phi) is 14.4. The molecule has 2 aromatic carbocycles. The summed E-state index contributed by atoms with van der Waals surface area (Å²) in [5, 5.41) is 12.2. The van der Waals surface area contributed by atoms with Gasteiger partial charge in [-0.2, -0.15) is 4.57 Å². The minimum atomic E-state index is -0.126. The molecule has 1 N–H and O–H groups in total. The molecule has 3 aromatic rings. The van der Waals surface area contributed by atoms with E-state index in [9.17, 15) is 19.5 Å². The second-order valence-corrected chi connectivity index (χ2v) is 15.3. The fourth-order valence-electron chi connectivity index (χ4n) is 6.32. The molecule has 2 heterocycles. The maximum Gasteiger partial charge on any atom is 0.305 e. The second-order valence-electron chi connectivity index (χ2n) is 13.0. The number of aryl methyl sites for hydroxylation is 1. The van der Waals surface area contributed by atoms with Crippen LogP contribution in [0.1, 0.15) is 102 Å². The van der Waals surface area contributed by atoms with Crippen molar-refractivity contribution in [2.45, 2.75) is 114 Å². The van der Waals surface area contributed by atoms with Gasteiger partial charge in [-0.3, -0.25) is 14.4 Å². The predicted octanol–water partition coefficient (Wildman–Crippen LogP) is 9.10. The average molecular weight is 720 g/mol. The first kappa shape index (κ1) is 37.6. The Bertz CT molecular complexity index is 1700. The number of aromatic nitrogens is 1. The molecule has 0 saturated carbocycles. The van der Waals surface area contributed by atoms with E-state index in [0.717, 1.165) is 98.2 Å². The standard InChI is InChI=1S/C40H50N2O6S2/c1-3-5-25-47-37(43)21-9-7-15-23-41-31-17-11-13-19-33(31)49-35(41)27-29-39(45)30(40(29)46)28-36-42(32-18-12-14-20-34(32)50-36)24-16-8-10-22-38(44)48-26-6-4-2/h11-14,17-20,27,36H,3-10,15-16,21-26,28H2,1-2H3/p+1. The summed E-state index contributed by atoms with van der Waals surface area (Å²) < 4.78 is 13.9. The van der Waals surface area contributed by atoms with Crippen LogP contribution in [0.3, 0.4) is 0 Å². The van der Waals surface area contributed by atoms with Crippen LogP contribution in [0.2, 0.25) is 0 Å². The van der Waals surface area contributed by atoms with Crippen molar-refractivity contribution < 1.29 is 33.5 Å². The van der Waals surface area contributed by atoms with Crippen molar-refractivity contribution in [3.05, 3.63) is 70.4 Å². The van der Waals surface area contributed by atoms with Gasteiger partial charge in [0.2, 0.25) is 5.52 Å². The van der Waals surface area contributed by atoms with Gasteiger partial charge in [0.15, 0.2) is 12.3 Å². The van der Waals surface area contributed by atoms with Crippen molar-refractivity contribution in [2.24, 2.45) is 0 Å². The van der Waals surface area contributed by atoms with Gasteiger partial charge in [-0.1, -0.05) is 80.5 Å². The largest absolute Gasteiger partial charge is 0.507 e. The zero-order valence-electron chi connectivity index (χ0n) is 29.5. The van der Waals surface area contributed by atoms with E-state index in [1.807, 2.05) is 30.3 Å². The monoisotopic (exact) mass is 719 g/mol. The van der Waals surface area contributed by atoms with Crippen LogP contribution in [0.4, 0.5) is 5.69 Å². The van der Waals surface area contributed by atoms with Gasteiger partial charge >= 0.3 is 11.9 Å². The Hall–Kier alpha value is -3.63. The maximum atomic E-state index is 13.6. The van der Waals surface area contributed by atoms with Gasteiger partial charge in [0.05, 0.1) is 29.8 Å². The molecule has 50 heavy (non-hydrogen) atoms. The number of ketones is 1. The Morgan fingerprint density at radius 3 is 2.22 bits per heavy atom. The first-order valence-electron chi connectivity index (χ1n) is 18.3. The summed E-state index contributed by atoms with van der Waals surface area (Å²) >= 11 is 3.36. The number of aliphatic hydroxyl groups excluding tert-OH is 1. The van der Waals surface area contributed by atoms with Crippen molar-refractivity contribution in [2.75, 3.05) is 24.7 Å². The number of unbranched alkanes of at least 4 members (excludes halogenated alkanes) is 6. The van der Waals surface area contributed by atoms with E-state index in [0.29, 0.717) is 43.6 Å². The molecule has 1 aliphatic carbocycles. The molecular formula is C40H51N2O6S2+. The highest BCUT2D eigenvalue weighted by Crippen LogP contribution is 2.47. The summed E-state index contributed by atoms with van der Waals surface area (Å²) in [5.74, 6) is -0.241. The Balaban J connectivity index is 1.20. The van der Waals surface area contributed by atoms with Crippen LogP contribution in [0.15, 0.2) is 70.3 Å². The lowest BCUT2D eigenvalue weighted by Gasteiger charge is -2.30. The molecule has 1 unspecified atom stereocenters. The van der Waals surface area contributed by atoms with E-state index in [-0.39, 0.29) is 28.9 Å². The van der Waals surface area contributed by atoms with Crippen LogP contribution in [0, 0.1) is 0 Å². The molecule has 10 heteroatoms. The minimum Gasteiger partial charge on any atom is -0.507 e. The molecule has 1 atom stereocenters. The smallest absolute Gasteiger partial charge is 0.305 e. The van der Waals surface area contributed by atoms with Crippen LogP contribution in [0.5, 0.6) is 0 Å². The molecule has 0 bridgehead atoms. The number of rotatable bonds is 21. The van der Waals surface area contributed by atoms with E-state index in [2.05, 4.69) is 47.6 Å². The van der Waals surface area contributed by atoms with Crippen molar-refractivity contribution in [3.8, 4) is 0 Å². The van der Waals surface area contributed by atoms with E-state index in [4.69, 9.17) is 9.47 Å². The van der Waals surface area contributed by atoms with Gasteiger partial charge in [0.1, 0.15) is 10.5 Å². The quantitative estimate of drug-likeness (QED) is 0.0504. The molecule has 5 rings (SSSR count). The number of fused-ring (bicyclic) bond motifs is 2. The number of thioether (sulfide) groups is 1. The van der Waals surface area contributed by atoms with E-state index >= 15 is 0 Å². The van der Waals surface area contributed by atoms with Gasteiger partial charge < -0.3 is 19.5 Å². The topological polar surface area (TPSA) is 97.0 Å². The summed E-state index contributed by atoms with van der Waals surface area (Å²) in [6, 6.07) is 16.5. The van der Waals surface area contributed by atoms with Crippen molar-refractivity contribution >= 4 is 62.8 Å². The second kappa shape index (κ2) is 19.1. The van der Waals surface area contributed by atoms with Crippen LogP contribution >= 0.6 is 23.1 Å². The predicted molar refractivity (Wildman–Crippen MR) is 201 cm³/mol. The number of carbonyl (C=O) groups excluding carboxylic acids is 3. The van der Waals surface area contributed by atoms with Crippen molar-refractivity contribution in [3.63, 3.8) is 0 Å². The third-order valence-electron chi connectivity index (χ3n) is 9.19. The Morgan fingerprint density at radius 1 is 0.860 bits per heavy atom. The molecule has 268 valence electrons. The normalized spacial score (nSPS) is 16.3. The number of carbonyl (C=O) groups is 3.